The largest absolute Gasteiger partial charge is 0.468 e. The van der Waals surface area contributed by atoms with Crippen molar-refractivity contribution in [2.45, 2.75) is 10.7 Å². The third-order valence-corrected chi connectivity index (χ3v) is 2.22. The summed E-state index contributed by atoms with van der Waals surface area (Å²) in [7, 11) is 0. The van der Waals surface area contributed by atoms with E-state index < -0.39 is 0 Å². The Kier molecular flexibility index (Phi) is 2.79. The fourth-order valence-electron chi connectivity index (χ4n) is 0.603. The summed E-state index contributed by atoms with van der Waals surface area (Å²) in [6.45, 7) is 0. The lowest BCUT2D eigenvalue weighted by molar-refractivity contribution is 0.529. The number of alkyl halides is 2. The van der Waals surface area contributed by atoms with Crippen LogP contribution in [-0.4, -0.2) is 0 Å². The summed E-state index contributed by atoms with van der Waals surface area (Å²) >= 11 is 6.66. The predicted octanol–water partition coefficient (Wildman–Crippen LogP) is 3.07. The van der Waals surface area contributed by atoms with Gasteiger partial charge >= 0.3 is 0 Å². The number of halogens is 2. The molecule has 0 N–H and O–H groups in total. The molecule has 3 heteroatoms. The van der Waals surface area contributed by atoms with Gasteiger partial charge in [0.2, 0.25) is 0 Å². The summed E-state index contributed by atoms with van der Waals surface area (Å²) in [5.74, 6) is 1.01. The molecular weight excluding hydrogens is 248 g/mol. The van der Waals surface area contributed by atoms with Crippen LogP contribution in [0.5, 0.6) is 0 Å². The van der Waals surface area contributed by atoms with Crippen molar-refractivity contribution in [3.63, 3.8) is 0 Å². The van der Waals surface area contributed by atoms with Crippen molar-refractivity contribution in [2.24, 2.45) is 0 Å². The molecule has 0 aliphatic carbocycles. The van der Waals surface area contributed by atoms with Gasteiger partial charge in [0, 0.05) is 10.9 Å². The minimum atomic E-state index is 0.793. The van der Waals surface area contributed by atoms with Crippen molar-refractivity contribution >= 4 is 31.9 Å². The lowest BCUT2D eigenvalue weighted by Gasteiger charge is -1.89. The summed E-state index contributed by atoms with van der Waals surface area (Å²) in [6.07, 6.45) is 1.70. The summed E-state index contributed by atoms with van der Waals surface area (Å²) < 4.78 is 5.13. The van der Waals surface area contributed by atoms with Gasteiger partial charge in [0.25, 0.3) is 0 Å². The zero-order valence-electron chi connectivity index (χ0n) is 4.73. The summed E-state index contributed by atoms with van der Waals surface area (Å²) in [6, 6.07) is 1.96. The molecule has 50 valence electrons. The molecular formula is C6H6Br2O. The maximum absolute atomic E-state index is 5.13. The number of hydrogen-bond donors (Lipinski definition) is 0. The molecule has 0 saturated carbocycles. The van der Waals surface area contributed by atoms with Crippen molar-refractivity contribution < 1.29 is 4.42 Å². The van der Waals surface area contributed by atoms with Crippen molar-refractivity contribution in [3.8, 4) is 0 Å². The van der Waals surface area contributed by atoms with Crippen LogP contribution in [0.15, 0.2) is 16.7 Å². The van der Waals surface area contributed by atoms with E-state index in [0.717, 1.165) is 16.4 Å². The molecule has 1 aromatic rings. The average molecular weight is 254 g/mol. The van der Waals surface area contributed by atoms with Crippen molar-refractivity contribution in [1.29, 1.82) is 0 Å². The molecule has 0 atom stereocenters. The normalized spacial score (nSPS) is 10.0. The highest BCUT2D eigenvalue weighted by atomic mass is 79.9. The average Bonchev–Trinajstić information content (AvgIpc) is 2.33. The van der Waals surface area contributed by atoms with Gasteiger partial charge in [-0.3, -0.25) is 0 Å². The van der Waals surface area contributed by atoms with Crippen LogP contribution in [0, 0.1) is 0 Å². The molecule has 9 heavy (non-hydrogen) atoms. The van der Waals surface area contributed by atoms with E-state index in [1.165, 1.54) is 5.56 Å². The number of hydrogen-bond acceptors (Lipinski definition) is 1. The Morgan fingerprint density at radius 1 is 1.33 bits per heavy atom. The van der Waals surface area contributed by atoms with Gasteiger partial charge in [-0.2, -0.15) is 0 Å². The molecule has 0 spiro atoms. The van der Waals surface area contributed by atoms with E-state index in [9.17, 15) is 0 Å². The molecule has 0 amide bonds. The first-order valence-corrected chi connectivity index (χ1v) is 4.80. The maximum Gasteiger partial charge on any atom is 0.118 e. The zero-order chi connectivity index (χ0) is 6.69. The second-order valence-corrected chi connectivity index (χ2v) is 2.76. The second-order valence-electron chi connectivity index (χ2n) is 1.64. The van der Waals surface area contributed by atoms with Gasteiger partial charge in [0.15, 0.2) is 0 Å². The van der Waals surface area contributed by atoms with E-state index in [1.54, 1.807) is 6.26 Å². The first-order valence-electron chi connectivity index (χ1n) is 2.55. The highest BCUT2D eigenvalue weighted by Crippen LogP contribution is 2.16. The Bertz CT molecular complexity index is 164. The van der Waals surface area contributed by atoms with Gasteiger partial charge in [0.05, 0.1) is 11.6 Å². The van der Waals surface area contributed by atoms with Gasteiger partial charge in [0.1, 0.15) is 5.76 Å². The quantitative estimate of drug-likeness (QED) is 0.739. The molecule has 1 nitrogen and oxygen atoms in total. The summed E-state index contributed by atoms with van der Waals surface area (Å²) in [5, 5.41) is 1.66. The molecule has 0 aliphatic heterocycles. The van der Waals surface area contributed by atoms with Crippen molar-refractivity contribution in [1.82, 2.24) is 0 Å². The fourth-order valence-corrected chi connectivity index (χ4v) is 1.60. The van der Waals surface area contributed by atoms with Crippen LogP contribution in [0.2, 0.25) is 0 Å². The Labute approximate surface area is 70.7 Å². The molecule has 0 aromatic carbocycles. The smallest absolute Gasteiger partial charge is 0.118 e. The van der Waals surface area contributed by atoms with E-state index in [2.05, 4.69) is 31.9 Å². The zero-order valence-corrected chi connectivity index (χ0v) is 7.91. The molecule has 0 aliphatic rings. The minimum Gasteiger partial charge on any atom is -0.468 e. The molecule has 0 bridgehead atoms. The molecule has 1 heterocycles. The molecule has 1 rings (SSSR count). The topological polar surface area (TPSA) is 13.1 Å². The highest BCUT2D eigenvalue weighted by molar-refractivity contribution is 9.09. The molecule has 0 radical (unpaired) electrons. The monoisotopic (exact) mass is 252 g/mol. The second kappa shape index (κ2) is 3.42. The van der Waals surface area contributed by atoms with Crippen LogP contribution in [0.3, 0.4) is 0 Å². The molecule has 0 unspecified atom stereocenters. The van der Waals surface area contributed by atoms with Gasteiger partial charge in [-0.25, -0.2) is 0 Å². The Morgan fingerprint density at radius 3 is 2.56 bits per heavy atom. The standard InChI is InChI=1S/C6H6Br2O/c7-3-5-1-2-9-6(5)4-8/h1-2H,3-4H2. The maximum atomic E-state index is 5.13. The Morgan fingerprint density at radius 2 is 2.11 bits per heavy atom. The number of furan rings is 1. The van der Waals surface area contributed by atoms with Gasteiger partial charge in [-0.05, 0) is 6.07 Å². The summed E-state index contributed by atoms with van der Waals surface area (Å²) in [4.78, 5) is 0. The van der Waals surface area contributed by atoms with E-state index in [-0.39, 0.29) is 0 Å². The van der Waals surface area contributed by atoms with Gasteiger partial charge < -0.3 is 4.42 Å². The molecule has 1 aromatic heterocycles. The Balaban J connectivity index is 2.85. The lowest BCUT2D eigenvalue weighted by atomic mass is 10.3. The van der Waals surface area contributed by atoms with Gasteiger partial charge in [-0.15, -0.1) is 0 Å². The first kappa shape index (κ1) is 7.35. The third-order valence-electron chi connectivity index (χ3n) is 1.10. The van der Waals surface area contributed by atoms with Crippen LogP contribution >= 0.6 is 31.9 Å². The van der Waals surface area contributed by atoms with E-state index >= 15 is 0 Å². The van der Waals surface area contributed by atoms with Crippen molar-refractivity contribution in [2.75, 3.05) is 0 Å². The van der Waals surface area contributed by atoms with Crippen LogP contribution in [0.25, 0.3) is 0 Å². The fraction of sp³-hybridized carbons (Fsp3) is 0.333. The number of rotatable bonds is 2. The third kappa shape index (κ3) is 1.58. The first-order chi connectivity index (χ1) is 4.38. The van der Waals surface area contributed by atoms with E-state index in [1.807, 2.05) is 6.07 Å². The van der Waals surface area contributed by atoms with Crippen molar-refractivity contribution in [3.05, 3.63) is 23.7 Å². The van der Waals surface area contributed by atoms with Crippen LogP contribution in [0.4, 0.5) is 0 Å². The summed E-state index contributed by atoms with van der Waals surface area (Å²) in [5.41, 5.74) is 1.21. The molecule has 0 fully saturated rings. The lowest BCUT2D eigenvalue weighted by Crippen LogP contribution is -1.77. The Hall–Kier alpha value is 0.240. The predicted molar refractivity (Wildman–Crippen MR) is 44.0 cm³/mol. The SMILES string of the molecule is BrCc1ccoc1CBr. The minimum absolute atomic E-state index is 0.793. The van der Waals surface area contributed by atoms with E-state index in [4.69, 9.17) is 4.42 Å². The van der Waals surface area contributed by atoms with Crippen LogP contribution < -0.4 is 0 Å². The van der Waals surface area contributed by atoms with Crippen LogP contribution in [-0.2, 0) is 10.7 Å². The highest BCUT2D eigenvalue weighted by Gasteiger charge is 2.00. The van der Waals surface area contributed by atoms with E-state index in [0.29, 0.717) is 0 Å². The van der Waals surface area contributed by atoms with Gasteiger partial charge in [-0.1, -0.05) is 31.9 Å². The van der Waals surface area contributed by atoms with Crippen LogP contribution in [0.1, 0.15) is 11.3 Å². The molecule has 0 saturated heterocycles.